The molecule has 5 heteroatoms. The van der Waals surface area contributed by atoms with Crippen LogP contribution < -0.4 is 5.32 Å². The molecule has 0 spiro atoms. The van der Waals surface area contributed by atoms with Gasteiger partial charge in [-0.3, -0.25) is 4.79 Å². The van der Waals surface area contributed by atoms with Crippen LogP contribution in [0.15, 0.2) is 91.0 Å². The Kier molecular flexibility index (Phi) is 6.79. The van der Waals surface area contributed by atoms with Gasteiger partial charge in [-0.2, -0.15) is 0 Å². The van der Waals surface area contributed by atoms with Gasteiger partial charge in [0.1, 0.15) is 0 Å². The molecule has 0 radical (unpaired) electrons. The molecule has 4 aromatic carbocycles. The van der Waals surface area contributed by atoms with Gasteiger partial charge in [-0.15, -0.1) is 0 Å². The SMILES string of the molecule is Cc1ccc(-c2nc3ccc(C(=O)NCCc4ccc(Cl)cc4)cc3nc2-c2ccc(C)cc2)cc1. The van der Waals surface area contributed by atoms with Crippen LogP contribution in [0.25, 0.3) is 33.5 Å². The molecular formula is C31H26ClN3O. The van der Waals surface area contributed by atoms with E-state index in [-0.39, 0.29) is 5.91 Å². The van der Waals surface area contributed by atoms with E-state index in [1.54, 1.807) is 6.07 Å². The van der Waals surface area contributed by atoms with Crippen molar-refractivity contribution in [3.8, 4) is 22.5 Å². The van der Waals surface area contributed by atoms with E-state index in [0.717, 1.165) is 40.0 Å². The van der Waals surface area contributed by atoms with Gasteiger partial charge in [0.2, 0.25) is 0 Å². The summed E-state index contributed by atoms with van der Waals surface area (Å²) in [5.41, 5.74) is 9.11. The summed E-state index contributed by atoms with van der Waals surface area (Å²) in [5, 5.41) is 3.71. The highest BCUT2D eigenvalue weighted by Gasteiger charge is 2.15. The predicted molar refractivity (Wildman–Crippen MR) is 147 cm³/mol. The van der Waals surface area contributed by atoms with Gasteiger partial charge in [0.05, 0.1) is 22.4 Å². The van der Waals surface area contributed by atoms with E-state index in [1.165, 1.54) is 11.1 Å². The summed E-state index contributed by atoms with van der Waals surface area (Å²) in [7, 11) is 0. The fourth-order valence-electron chi connectivity index (χ4n) is 4.09. The van der Waals surface area contributed by atoms with Gasteiger partial charge in [0.25, 0.3) is 5.91 Å². The average Bonchev–Trinajstić information content (AvgIpc) is 2.89. The highest BCUT2D eigenvalue weighted by atomic mass is 35.5. The molecule has 0 aliphatic heterocycles. The lowest BCUT2D eigenvalue weighted by molar-refractivity contribution is 0.0954. The zero-order valence-electron chi connectivity index (χ0n) is 20.3. The minimum absolute atomic E-state index is 0.132. The summed E-state index contributed by atoms with van der Waals surface area (Å²) >= 11 is 5.95. The summed E-state index contributed by atoms with van der Waals surface area (Å²) in [6, 6.07) is 29.7. The molecule has 5 rings (SSSR count). The van der Waals surface area contributed by atoms with Crippen LogP contribution in [0.1, 0.15) is 27.0 Å². The van der Waals surface area contributed by atoms with Crippen molar-refractivity contribution in [2.75, 3.05) is 6.54 Å². The second-order valence-corrected chi connectivity index (χ2v) is 9.43. The summed E-state index contributed by atoms with van der Waals surface area (Å²) < 4.78 is 0. The van der Waals surface area contributed by atoms with Crippen LogP contribution in [0.5, 0.6) is 0 Å². The van der Waals surface area contributed by atoms with Gasteiger partial charge < -0.3 is 5.32 Å². The molecule has 0 aliphatic carbocycles. The zero-order chi connectivity index (χ0) is 25.1. The lowest BCUT2D eigenvalue weighted by atomic mass is 10.0. The Morgan fingerprint density at radius 1 is 0.722 bits per heavy atom. The van der Waals surface area contributed by atoms with E-state index in [1.807, 2.05) is 36.4 Å². The van der Waals surface area contributed by atoms with Crippen molar-refractivity contribution < 1.29 is 4.79 Å². The molecule has 4 nitrogen and oxygen atoms in total. The van der Waals surface area contributed by atoms with Crippen molar-refractivity contribution in [2.24, 2.45) is 0 Å². The number of aryl methyl sites for hydroxylation is 2. The Hall–Kier alpha value is -4.02. The van der Waals surface area contributed by atoms with Crippen molar-refractivity contribution in [1.29, 1.82) is 0 Å². The monoisotopic (exact) mass is 491 g/mol. The van der Waals surface area contributed by atoms with Crippen LogP contribution in [0, 0.1) is 13.8 Å². The van der Waals surface area contributed by atoms with Crippen molar-refractivity contribution in [1.82, 2.24) is 15.3 Å². The number of hydrogen-bond acceptors (Lipinski definition) is 3. The molecular weight excluding hydrogens is 466 g/mol. The number of amides is 1. The second kappa shape index (κ2) is 10.3. The normalized spacial score (nSPS) is 11.0. The number of aromatic nitrogens is 2. The first kappa shape index (κ1) is 23.7. The third-order valence-corrected chi connectivity index (χ3v) is 6.44. The number of carbonyl (C=O) groups is 1. The number of fused-ring (bicyclic) bond motifs is 1. The molecule has 0 aliphatic rings. The Balaban J connectivity index is 1.46. The Morgan fingerprint density at radius 2 is 1.28 bits per heavy atom. The first-order valence-corrected chi connectivity index (χ1v) is 12.3. The fourth-order valence-corrected chi connectivity index (χ4v) is 4.22. The van der Waals surface area contributed by atoms with E-state index in [0.29, 0.717) is 22.6 Å². The molecule has 0 bridgehead atoms. The maximum absolute atomic E-state index is 12.9. The predicted octanol–water partition coefficient (Wildman–Crippen LogP) is 7.21. The third-order valence-electron chi connectivity index (χ3n) is 6.19. The largest absolute Gasteiger partial charge is 0.352 e. The molecule has 1 N–H and O–H groups in total. The van der Waals surface area contributed by atoms with Crippen LogP contribution in [0.3, 0.4) is 0 Å². The van der Waals surface area contributed by atoms with E-state index in [4.69, 9.17) is 21.6 Å². The topological polar surface area (TPSA) is 54.9 Å². The minimum Gasteiger partial charge on any atom is -0.352 e. The smallest absolute Gasteiger partial charge is 0.251 e. The molecule has 0 saturated heterocycles. The molecule has 0 fully saturated rings. The quantitative estimate of drug-likeness (QED) is 0.273. The highest BCUT2D eigenvalue weighted by molar-refractivity contribution is 6.30. The van der Waals surface area contributed by atoms with Gasteiger partial charge in [-0.25, -0.2) is 9.97 Å². The maximum Gasteiger partial charge on any atom is 0.251 e. The lowest BCUT2D eigenvalue weighted by Crippen LogP contribution is -2.25. The molecule has 1 heterocycles. The molecule has 0 unspecified atom stereocenters. The van der Waals surface area contributed by atoms with Crippen LogP contribution >= 0.6 is 11.6 Å². The maximum atomic E-state index is 12.9. The molecule has 1 aromatic heterocycles. The second-order valence-electron chi connectivity index (χ2n) is 8.99. The van der Waals surface area contributed by atoms with Crippen LogP contribution in [-0.4, -0.2) is 22.4 Å². The van der Waals surface area contributed by atoms with Crippen molar-refractivity contribution in [2.45, 2.75) is 20.3 Å². The Morgan fingerprint density at radius 3 is 1.86 bits per heavy atom. The average molecular weight is 492 g/mol. The zero-order valence-corrected chi connectivity index (χ0v) is 21.0. The fraction of sp³-hybridized carbons (Fsp3) is 0.129. The van der Waals surface area contributed by atoms with Crippen molar-refractivity contribution >= 4 is 28.5 Å². The van der Waals surface area contributed by atoms with Gasteiger partial charge >= 0.3 is 0 Å². The summed E-state index contributed by atoms with van der Waals surface area (Å²) in [6.45, 7) is 4.67. The number of benzene rings is 4. The first-order chi connectivity index (χ1) is 17.5. The van der Waals surface area contributed by atoms with E-state index < -0.39 is 0 Å². The summed E-state index contributed by atoms with van der Waals surface area (Å²) in [6.07, 6.45) is 0.730. The third kappa shape index (κ3) is 5.29. The summed E-state index contributed by atoms with van der Waals surface area (Å²) in [4.78, 5) is 22.8. The number of nitrogens with one attached hydrogen (secondary N) is 1. The van der Waals surface area contributed by atoms with Gasteiger partial charge in [0.15, 0.2) is 0 Å². The van der Waals surface area contributed by atoms with Crippen molar-refractivity contribution in [3.63, 3.8) is 0 Å². The Labute approximate surface area is 216 Å². The first-order valence-electron chi connectivity index (χ1n) is 11.9. The minimum atomic E-state index is -0.132. The highest BCUT2D eigenvalue weighted by Crippen LogP contribution is 2.31. The summed E-state index contributed by atoms with van der Waals surface area (Å²) in [5.74, 6) is -0.132. The lowest BCUT2D eigenvalue weighted by Gasteiger charge is -2.12. The molecule has 1 amide bonds. The van der Waals surface area contributed by atoms with Crippen LogP contribution in [0.4, 0.5) is 0 Å². The molecule has 5 aromatic rings. The van der Waals surface area contributed by atoms with Crippen molar-refractivity contribution in [3.05, 3.63) is 118 Å². The number of carbonyl (C=O) groups excluding carboxylic acids is 1. The van der Waals surface area contributed by atoms with Gasteiger partial charge in [-0.1, -0.05) is 83.4 Å². The van der Waals surface area contributed by atoms with E-state index in [9.17, 15) is 4.79 Å². The number of rotatable bonds is 6. The molecule has 0 atom stereocenters. The number of halogens is 1. The molecule has 0 saturated carbocycles. The molecule has 178 valence electrons. The Bertz CT molecular complexity index is 1530. The van der Waals surface area contributed by atoms with Gasteiger partial charge in [0, 0.05) is 28.3 Å². The molecule has 36 heavy (non-hydrogen) atoms. The van der Waals surface area contributed by atoms with E-state index >= 15 is 0 Å². The number of nitrogens with zero attached hydrogens (tertiary/aromatic N) is 2. The van der Waals surface area contributed by atoms with Crippen LogP contribution in [-0.2, 0) is 6.42 Å². The van der Waals surface area contributed by atoms with Gasteiger partial charge in [-0.05, 0) is 56.2 Å². The van der Waals surface area contributed by atoms with Crippen LogP contribution in [0.2, 0.25) is 5.02 Å². The standard InChI is InChI=1S/C31H26ClN3O/c1-20-3-9-23(10-4-20)29-30(24-11-5-21(2)6-12-24)35-28-19-25(13-16-27(28)34-29)31(36)33-18-17-22-7-14-26(32)15-8-22/h3-16,19H,17-18H2,1-2H3,(H,33,36). The number of hydrogen-bond donors (Lipinski definition) is 1. The van der Waals surface area contributed by atoms with E-state index in [2.05, 4.69) is 67.7 Å².